The highest BCUT2D eigenvalue weighted by molar-refractivity contribution is 7.80. The molecule has 0 aliphatic carbocycles. The van der Waals surface area contributed by atoms with Crippen LogP contribution < -0.4 is 5.73 Å². The number of nitrogens with two attached hydrogens (primary N) is 1. The number of carbonyl (C=O) groups excluding carboxylic acids is 1. The number of ether oxygens (including phenoxy) is 1. The molecule has 0 aliphatic rings. The van der Waals surface area contributed by atoms with E-state index in [1.807, 2.05) is 0 Å². The molecule has 0 fully saturated rings. The van der Waals surface area contributed by atoms with Crippen molar-refractivity contribution in [3.63, 3.8) is 0 Å². The molecule has 0 saturated carbocycles. The summed E-state index contributed by atoms with van der Waals surface area (Å²) in [6.07, 6.45) is 0. The summed E-state index contributed by atoms with van der Waals surface area (Å²) in [7, 11) is 0. The Morgan fingerprint density at radius 3 is 2.55 bits per heavy atom. The Morgan fingerprint density at radius 1 is 1.64 bits per heavy atom. The molecule has 3 N–H and O–H groups in total. The Kier molecular flexibility index (Phi) is 4.64. The van der Waals surface area contributed by atoms with Gasteiger partial charge in [-0.05, 0) is 0 Å². The first kappa shape index (κ1) is 10.2. The van der Waals surface area contributed by atoms with Crippen LogP contribution in [0.5, 0.6) is 0 Å². The largest absolute Gasteiger partial charge is 0.479 e. The number of hydrogen-bond donors (Lipinski definition) is 3. The highest BCUT2D eigenvalue weighted by atomic mass is 32.1. The monoisotopic (exact) mass is 179 g/mol. The Labute approximate surface area is 68.9 Å². The van der Waals surface area contributed by atoms with Gasteiger partial charge in [-0.25, -0.2) is 4.79 Å². The van der Waals surface area contributed by atoms with E-state index in [0.29, 0.717) is 0 Å². The number of carbonyl (C=O) groups is 2. The quantitative estimate of drug-likeness (QED) is 0.375. The summed E-state index contributed by atoms with van der Waals surface area (Å²) in [6.45, 7) is -0.652. The maximum Gasteiger partial charge on any atom is 0.341 e. The molecule has 0 saturated heterocycles. The maximum atomic E-state index is 10.6. The lowest BCUT2D eigenvalue weighted by atomic mass is 10.4. The van der Waals surface area contributed by atoms with Crippen molar-refractivity contribution in [2.75, 3.05) is 12.4 Å². The predicted molar refractivity (Wildman–Crippen MR) is 40.4 cm³/mol. The van der Waals surface area contributed by atoms with E-state index in [1.54, 1.807) is 0 Å². The second kappa shape index (κ2) is 4.97. The lowest BCUT2D eigenvalue weighted by Crippen LogP contribution is -2.34. The van der Waals surface area contributed by atoms with Crippen molar-refractivity contribution in [3.05, 3.63) is 0 Å². The summed E-state index contributed by atoms with van der Waals surface area (Å²) >= 11 is 3.73. The third-order valence-electron chi connectivity index (χ3n) is 0.837. The molecule has 0 bridgehead atoms. The molecule has 0 aromatic carbocycles. The van der Waals surface area contributed by atoms with Crippen molar-refractivity contribution < 1.29 is 19.4 Å². The molecule has 0 heterocycles. The van der Waals surface area contributed by atoms with Crippen molar-refractivity contribution in [2.45, 2.75) is 6.04 Å². The summed E-state index contributed by atoms with van der Waals surface area (Å²) in [4.78, 5) is 20.5. The molecule has 0 radical (unpaired) electrons. The zero-order valence-corrected chi connectivity index (χ0v) is 6.58. The molecule has 0 aromatic heterocycles. The van der Waals surface area contributed by atoms with Gasteiger partial charge in [0.15, 0.2) is 6.61 Å². The molecule has 0 amide bonds. The Bertz CT molecular complexity index is 161. The molecule has 0 aromatic rings. The van der Waals surface area contributed by atoms with E-state index in [4.69, 9.17) is 10.8 Å². The van der Waals surface area contributed by atoms with Crippen molar-refractivity contribution in [2.24, 2.45) is 5.73 Å². The predicted octanol–water partition coefficient (Wildman–Crippen LogP) is -1.13. The third kappa shape index (κ3) is 4.63. The summed E-state index contributed by atoms with van der Waals surface area (Å²) in [5, 5.41) is 8.08. The topological polar surface area (TPSA) is 89.6 Å². The minimum Gasteiger partial charge on any atom is -0.479 e. The van der Waals surface area contributed by atoms with Gasteiger partial charge in [-0.15, -0.1) is 0 Å². The van der Waals surface area contributed by atoms with Gasteiger partial charge in [0.2, 0.25) is 0 Å². The first-order valence-electron chi connectivity index (χ1n) is 2.82. The van der Waals surface area contributed by atoms with Gasteiger partial charge in [-0.3, -0.25) is 4.79 Å². The van der Waals surface area contributed by atoms with Crippen LogP contribution in [0.1, 0.15) is 0 Å². The third-order valence-corrected chi connectivity index (χ3v) is 1.23. The fourth-order valence-corrected chi connectivity index (χ4v) is 0.464. The Balaban J connectivity index is 3.60. The maximum absolute atomic E-state index is 10.6. The second-order valence-corrected chi connectivity index (χ2v) is 2.16. The van der Waals surface area contributed by atoms with Gasteiger partial charge in [0.1, 0.15) is 6.04 Å². The standard InChI is InChI=1S/C5H9NO4S/c6-3(2-11)5(9)10-1-4(7)8/h3,11H,1-2,6H2,(H,7,8). The molecule has 1 unspecified atom stereocenters. The van der Waals surface area contributed by atoms with Crippen LogP contribution in [0.15, 0.2) is 0 Å². The minimum absolute atomic E-state index is 0.137. The van der Waals surface area contributed by atoms with Crippen molar-refractivity contribution in [1.82, 2.24) is 0 Å². The Morgan fingerprint density at radius 2 is 2.18 bits per heavy atom. The van der Waals surface area contributed by atoms with Crippen LogP contribution in [-0.4, -0.2) is 35.4 Å². The van der Waals surface area contributed by atoms with Crippen LogP contribution in [0.2, 0.25) is 0 Å². The van der Waals surface area contributed by atoms with E-state index >= 15 is 0 Å². The number of aliphatic carboxylic acids is 1. The number of esters is 1. The van der Waals surface area contributed by atoms with Crippen LogP contribution in [0.4, 0.5) is 0 Å². The average molecular weight is 179 g/mol. The molecule has 0 rings (SSSR count). The molecule has 11 heavy (non-hydrogen) atoms. The zero-order chi connectivity index (χ0) is 8.85. The summed E-state index contributed by atoms with van der Waals surface area (Å²) in [5.41, 5.74) is 5.16. The van der Waals surface area contributed by atoms with E-state index in [-0.39, 0.29) is 5.75 Å². The van der Waals surface area contributed by atoms with E-state index < -0.39 is 24.6 Å². The van der Waals surface area contributed by atoms with Crippen LogP contribution >= 0.6 is 12.6 Å². The van der Waals surface area contributed by atoms with Gasteiger partial charge in [0.25, 0.3) is 0 Å². The van der Waals surface area contributed by atoms with Crippen LogP contribution in [0, 0.1) is 0 Å². The van der Waals surface area contributed by atoms with Gasteiger partial charge >= 0.3 is 11.9 Å². The Hall–Kier alpha value is -0.750. The number of hydrogen-bond acceptors (Lipinski definition) is 5. The number of carboxylic acids is 1. The second-order valence-electron chi connectivity index (χ2n) is 1.79. The van der Waals surface area contributed by atoms with Crippen molar-refractivity contribution in [1.29, 1.82) is 0 Å². The summed E-state index contributed by atoms with van der Waals surface area (Å²) in [6, 6.07) is -0.849. The number of rotatable bonds is 4. The summed E-state index contributed by atoms with van der Waals surface area (Å²) in [5.74, 6) is -1.81. The van der Waals surface area contributed by atoms with E-state index in [2.05, 4.69) is 17.4 Å². The first-order valence-corrected chi connectivity index (χ1v) is 3.46. The highest BCUT2D eigenvalue weighted by Crippen LogP contribution is 1.87. The van der Waals surface area contributed by atoms with Crippen LogP contribution in [0.3, 0.4) is 0 Å². The highest BCUT2D eigenvalue weighted by Gasteiger charge is 2.13. The molecule has 6 heteroatoms. The van der Waals surface area contributed by atoms with Crippen LogP contribution in [0.25, 0.3) is 0 Å². The fourth-order valence-electron chi connectivity index (χ4n) is 0.314. The van der Waals surface area contributed by atoms with E-state index in [0.717, 1.165) is 0 Å². The van der Waals surface area contributed by atoms with Crippen molar-refractivity contribution >= 4 is 24.6 Å². The molecule has 64 valence electrons. The van der Waals surface area contributed by atoms with E-state index in [1.165, 1.54) is 0 Å². The van der Waals surface area contributed by atoms with Crippen molar-refractivity contribution in [3.8, 4) is 0 Å². The van der Waals surface area contributed by atoms with Gasteiger partial charge in [-0.1, -0.05) is 0 Å². The minimum atomic E-state index is -1.20. The van der Waals surface area contributed by atoms with Gasteiger partial charge in [0.05, 0.1) is 0 Å². The lowest BCUT2D eigenvalue weighted by molar-refractivity contribution is -0.155. The van der Waals surface area contributed by atoms with Gasteiger partial charge in [-0.2, -0.15) is 12.6 Å². The molecule has 0 aliphatic heterocycles. The number of carboxylic acid groups (broad SMARTS) is 1. The molecule has 0 spiro atoms. The normalized spacial score (nSPS) is 12.2. The zero-order valence-electron chi connectivity index (χ0n) is 5.69. The molecule has 5 nitrogen and oxygen atoms in total. The molecule has 1 atom stereocenters. The summed E-state index contributed by atoms with van der Waals surface area (Å²) < 4.78 is 4.24. The van der Waals surface area contributed by atoms with Gasteiger partial charge < -0.3 is 15.6 Å². The average Bonchev–Trinajstić information content (AvgIpc) is 1.98. The molecular formula is C5H9NO4S. The first-order chi connectivity index (χ1) is 5.07. The lowest BCUT2D eigenvalue weighted by Gasteiger charge is -2.05. The van der Waals surface area contributed by atoms with E-state index in [9.17, 15) is 9.59 Å². The SMILES string of the molecule is NC(CS)C(=O)OCC(=O)O. The van der Waals surface area contributed by atoms with Crippen LogP contribution in [-0.2, 0) is 14.3 Å². The fraction of sp³-hybridized carbons (Fsp3) is 0.600. The molecular weight excluding hydrogens is 170 g/mol. The smallest absolute Gasteiger partial charge is 0.341 e. The number of thiol groups is 1. The van der Waals surface area contributed by atoms with Gasteiger partial charge in [0, 0.05) is 5.75 Å².